The van der Waals surface area contributed by atoms with Crippen molar-refractivity contribution >= 4 is 21.6 Å². The minimum atomic E-state index is -3.71. The van der Waals surface area contributed by atoms with Crippen molar-refractivity contribution in [3.05, 3.63) is 113 Å². The Balaban J connectivity index is 1.32. The van der Waals surface area contributed by atoms with Crippen LogP contribution in [-0.2, 0) is 34.8 Å². The van der Waals surface area contributed by atoms with Gasteiger partial charge in [0.15, 0.2) is 0 Å². The van der Waals surface area contributed by atoms with Gasteiger partial charge in [-0.1, -0.05) is 48.5 Å². The topological polar surface area (TPSA) is 84.3 Å². The smallest absolute Gasteiger partial charge is 0.241 e. The monoisotopic (exact) mass is 554 g/mol. The van der Waals surface area contributed by atoms with Crippen LogP contribution in [0, 0.1) is 12.8 Å². The second-order valence-electron chi connectivity index (χ2n) is 11.0. The van der Waals surface area contributed by atoms with Crippen LogP contribution < -0.4 is 9.62 Å². The van der Waals surface area contributed by atoms with Crippen LogP contribution in [0.15, 0.2) is 90.1 Å². The van der Waals surface area contributed by atoms with Gasteiger partial charge in [-0.25, -0.2) is 18.1 Å². The van der Waals surface area contributed by atoms with Crippen LogP contribution in [0.3, 0.4) is 0 Å². The number of anilines is 1. The number of aromatic nitrogens is 2. The minimum Gasteiger partial charge on any atom is -0.337 e. The van der Waals surface area contributed by atoms with Crippen LogP contribution in [0.5, 0.6) is 0 Å². The van der Waals surface area contributed by atoms with E-state index in [2.05, 4.69) is 27.9 Å². The van der Waals surface area contributed by atoms with E-state index in [1.54, 1.807) is 24.4 Å². The fraction of sp³-hybridized carbons (Fsp3) is 0.312. The molecule has 1 N–H and O–H groups in total. The zero-order chi connectivity index (χ0) is 27.9. The number of aryl methyl sites for hydroxylation is 3. The van der Waals surface area contributed by atoms with Crippen LogP contribution in [0.1, 0.15) is 59.3 Å². The van der Waals surface area contributed by atoms with Gasteiger partial charge < -0.3 is 9.47 Å². The molecular formula is C32H34N4O3S. The summed E-state index contributed by atoms with van der Waals surface area (Å²) < 4.78 is 31.5. The number of imidazole rings is 1. The molecule has 0 saturated heterocycles. The predicted molar refractivity (Wildman–Crippen MR) is 155 cm³/mol. The van der Waals surface area contributed by atoms with Gasteiger partial charge in [0.1, 0.15) is 5.82 Å². The van der Waals surface area contributed by atoms with Crippen molar-refractivity contribution in [3.8, 4) is 0 Å². The number of carbonyl (C=O) groups excluding carboxylic acids is 1. The molecule has 40 heavy (non-hydrogen) atoms. The Morgan fingerprint density at radius 3 is 2.65 bits per heavy atom. The van der Waals surface area contributed by atoms with Gasteiger partial charge in [-0.05, 0) is 85.0 Å². The van der Waals surface area contributed by atoms with Gasteiger partial charge >= 0.3 is 0 Å². The number of rotatable bonds is 8. The summed E-state index contributed by atoms with van der Waals surface area (Å²) in [5.74, 6) is 0.989. The zero-order valence-electron chi connectivity index (χ0n) is 22.8. The normalized spacial score (nSPS) is 20.1. The number of nitrogens with one attached hydrogen (secondary N) is 1. The van der Waals surface area contributed by atoms with Gasteiger partial charge in [0.2, 0.25) is 15.9 Å². The van der Waals surface area contributed by atoms with E-state index in [1.807, 2.05) is 66.0 Å². The third-order valence-electron chi connectivity index (χ3n) is 8.17. The van der Waals surface area contributed by atoms with Crippen LogP contribution in [0.25, 0.3) is 0 Å². The fourth-order valence-corrected chi connectivity index (χ4v) is 7.19. The lowest BCUT2D eigenvalue weighted by molar-refractivity contribution is -0.120. The van der Waals surface area contributed by atoms with Gasteiger partial charge in [0, 0.05) is 37.1 Å². The molecule has 2 aliphatic carbocycles. The van der Waals surface area contributed by atoms with Gasteiger partial charge in [-0.2, -0.15) is 0 Å². The van der Waals surface area contributed by atoms with Gasteiger partial charge in [0.05, 0.1) is 11.4 Å². The maximum atomic E-state index is 14.0. The number of hydrogen-bond donors (Lipinski definition) is 1. The number of hydrogen-bond acceptors (Lipinski definition) is 4. The third-order valence-corrected chi connectivity index (χ3v) is 9.64. The summed E-state index contributed by atoms with van der Waals surface area (Å²) in [4.78, 5) is 20.6. The predicted octanol–water partition coefficient (Wildman–Crippen LogP) is 5.42. The van der Waals surface area contributed by atoms with Gasteiger partial charge in [-0.3, -0.25) is 4.79 Å². The summed E-state index contributed by atoms with van der Waals surface area (Å²) in [5, 5.41) is 0. The van der Waals surface area contributed by atoms with E-state index >= 15 is 0 Å². The molecule has 1 amide bonds. The first kappa shape index (κ1) is 26.5. The summed E-state index contributed by atoms with van der Waals surface area (Å²) in [6.07, 6.45) is 6.92. The number of sulfonamides is 1. The van der Waals surface area contributed by atoms with E-state index in [0.29, 0.717) is 13.0 Å². The van der Waals surface area contributed by atoms with Crippen LogP contribution >= 0.6 is 0 Å². The second-order valence-corrected chi connectivity index (χ2v) is 12.7. The summed E-state index contributed by atoms with van der Waals surface area (Å²) in [6.45, 7) is 2.23. The highest BCUT2D eigenvalue weighted by molar-refractivity contribution is 7.89. The summed E-state index contributed by atoms with van der Waals surface area (Å²) >= 11 is 0. The van der Waals surface area contributed by atoms with E-state index in [1.165, 1.54) is 5.56 Å². The van der Waals surface area contributed by atoms with Crippen molar-refractivity contribution in [3.63, 3.8) is 0 Å². The molecule has 6 rings (SSSR count). The Hall–Kier alpha value is -3.75. The molecule has 0 spiro atoms. The van der Waals surface area contributed by atoms with E-state index in [-0.39, 0.29) is 28.7 Å². The van der Waals surface area contributed by atoms with Crippen LogP contribution in [0.4, 0.5) is 5.69 Å². The molecule has 3 atom stereocenters. The Labute approximate surface area is 235 Å². The average Bonchev–Trinajstić information content (AvgIpc) is 3.66. The Bertz CT molecular complexity index is 1650. The molecule has 206 valence electrons. The Kier molecular flexibility index (Phi) is 7.06. The van der Waals surface area contributed by atoms with Crippen molar-refractivity contribution in [2.24, 2.45) is 13.0 Å². The molecule has 1 aromatic heterocycles. The first-order valence-electron chi connectivity index (χ1n) is 13.8. The minimum absolute atomic E-state index is 0.0736. The molecule has 8 heteroatoms. The van der Waals surface area contributed by atoms with E-state index in [9.17, 15) is 13.2 Å². The highest BCUT2D eigenvalue weighted by Crippen LogP contribution is 2.49. The number of benzene rings is 3. The first-order chi connectivity index (χ1) is 19.3. The zero-order valence-corrected chi connectivity index (χ0v) is 23.6. The van der Waals surface area contributed by atoms with Crippen LogP contribution in [0.2, 0.25) is 0 Å². The second kappa shape index (κ2) is 10.7. The lowest BCUT2D eigenvalue weighted by Crippen LogP contribution is -2.34. The Morgan fingerprint density at radius 1 is 1.07 bits per heavy atom. The van der Waals surface area contributed by atoms with Gasteiger partial charge in [-0.15, -0.1) is 0 Å². The standard InChI is InChI=1S/C32H34N4O3S/c1-22-8-6-12-26(18-22)40(38,39)34-30-13-7-11-24-14-15-25(19-28(24)30)36(21-31-33-16-17-35(31)2)32(37)29-20-27(29)23-9-4-3-5-10-23/h3-6,8-10,12,14-19,27,29-30,34H,7,11,13,20-21H2,1-2H3. The fourth-order valence-electron chi connectivity index (χ4n) is 5.84. The Morgan fingerprint density at radius 2 is 1.90 bits per heavy atom. The number of carbonyl (C=O) groups is 1. The van der Waals surface area contributed by atoms with Crippen molar-refractivity contribution in [1.82, 2.24) is 14.3 Å². The lowest BCUT2D eigenvalue weighted by Gasteiger charge is -2.29. The van der Waals surface area contributed by atoms with Gasteiger partial charge in [0.25, 0.3) is 0 Å². The number of nitrogens with zero attached hydrogens (tertiary/aromatic N) is 3. The van der Waals surface area contributed by atoms with Crippen molar-refractivity contribution in [1.29, 1.82) is 0 Å². The quantitative estimate of drug-likeness (QED) is 0.315. The van der Waals surface area contributed by atoms with E-state index in [4.69, 9.17) is 0 Å². The van der Waals surface area contributed by atoms with Crippen LogP contribution in [-0.4, -0.2) is 23.9 Å². The number of amides is 1. The summed E-state index contributed by atoms with van der Waals surface area (Å²) in [7, 11) is -1.78. The molecule has 4 aromatic rings. The van der Waals surface area contributed by atoms with Crippen molar-refractivity contribution in [2.45, 2.75) is 56.0 Å². The highest BCUT2D eigenvalue weighted by Gasteiger charge is 2.46. The molecule has 2 aliphatic rings. The lowest BCUT2D eigenvalue weighted by atomic mass is 9.87. The summed E-state index contributed by atoms with van der Waals surface area (Å²) in [5.41, 5.74) is 4.91. The van der Waals surface area contributed by atoms with Crippen molar-refractivity contribution < 1.29 is 13.2 Å². The summed E-state index contributed by atoms with van der Waals surface area (Å²) in [6, 6.07) is 22.9. The molecule has 0 bridgehead atoms. The molecule has 1 fully saturated rings. The largest absolute Gasteiger partial charge is 0.337 e. The molecule has 3 unspecified atom stereocenters. The van der Waals surface area contributed by atoms with Crippen molar-refractivity contribution in [2.75, 3.05) is 4.90 Å². The molecule has 1 saturated carbocycles. The first-order valence-corrected chi connectivity index (χ1v) is 15.3. The maximum absolute atomic E-state index is 14.0. The molecule has 3 aromatic carbocycles. The SMILES string of the molecule is Cc1cccc(S(=O)(=O)NC2CCCc3ccc(N(Cc4nccn4C)C(=O)C4CC4c4ccccc4)cc32)c1. The highest BCUT2D eigenvalue weighted by atomic mass is 32.2. The molecule has 0 radical (unpaired) electrons. The van der Waals surface area contributed by atoms with E-state index < -0.39 is 10.0 Å². The molecular weight excluding hydrogens is 520 g/mol. The average molecular weight is 555 g/mol. The van der Waals surface area contributed by atoms with E-state index in [0.717, 1.165) is 47.5 Å². The molecule has 7 nitrogen and oxygen atoms in total. The molecule has 0 aliphatic heterocycles. The molecule has 1 heterocycles. The maximum Gasteiger partial charge on any atom is 0.241 e. The third kappa shape index (κ3) is 5.33. The number of fused-ring (bicyclic) bond motifs is 1.